The Hall–Kier alpha value is -1.09. The number of hydrogen-bond donors (Lipinski definition) is 0. The highest BCUT2D eigenvalue weighted by Crippen LogP contribution is 2.04. The van der Waals surface area contributed by atoms with Gasteiger partial charge in [-0.2, -0.15) is 0 Å². The molecule has 0 N–H and O–H groups in total. The maximum absolute atomic E-state index is 5.01. The third-order valence-electron chi connectivity index (χ3n) is 0.943. The van der Waals surface area contributed by atoms with Gasteiger partial charge in [0.25, 0.3) is 0 Å². The molecular formula is C7H8NO2-. The van der Waals surface area contributed by atoms with Crippen LogP contribution in [0.1, 0.15) is 0 Å². The Bertz CT molecular complexity index is 176. The predicted molar refractivity (Wildman–Crippen MR) is 36.2 cm³/mol. The maximum atomic E-state index is 5.01. The Morgan fingerprint density at radius 2 is 2.50 bits per heavy atom. The Kier molecular flexibility index (Phi) is 2.70. The van der Waals surface area contributed by atoms with Crippen molar-refractivity contribution in [1.82, 2.24) is 4.98 Å². The summed E-state index contributed by atoms with van der Waals surface area (Å²) in [6.45, 7) is 0.158. The minimum absolute atomic E-state index is 0.158. The molecule has 0 fully saturated rings. The molecule has 54 valence electrons. The lowest BCUT2D eigenvalue weighted by atomic mass is 10.5. The minimum Gasteiger partial charge on any atom is -0.526 e. The molecule has 0 saturated heterocycles. The molecule has 1 heterocycles. The van der Waals surface area contributed by atoms with Gasteiger partial charge in [0.2, 0.25) is 0 Å². The largest absolute Gasteiger partial charge is 0.526 e. The summed E-state index contributed by atoms with van der Waals surface area (Å²) in [4.78, 5) is 3.84. The molecule has 0 aliphatic carbocycles. The molecule has 0 atom stereocenters. The number of aromatic nitrogens is 1. The van der Waals surface area contributed by atoms with Crippen LogP contribution in [0.2, 0.25) is 0 Å². The van der Waals surface area contributed by atoms with E-state index in [1.807, 2.05) is 0 Å². The second-order valence-corrected chi connectivity index (χ2v) is 1.66. The Morgan fingerprint density at radius 1 is 1.60 bits per heavy atom. The summed E-state index contributed by atoms with van der Waals surface area (Å²) >= 11 is 0. The fourth-order valence-corrected chi connectivity index (χ4v) is 0.542. The molecular weight excluding hydrogens is 130 g/mol. The molecule has 1 aromatic rings. The molecule has 1 rings (SSSR count). The SMILES string of the molecule is [CH2-]OCOc1cccnc1. The van der Waals surface area contributed by atoms with Crippen LogP contribution in [0.3, 0.4) is 0 Å². The van der Waals surface area contributed by atoms with Gasteiger partial charge in [0.05, 0.1) is 6.20 Å². The molecule has 3 heteroatoms. The van der Waals surface area contributed by atoms with Gasteiger partial charge in [-0.3, -0.25) is 4.98 Å². The molecule has 0 amide bonds. The van der Waals surface area contributed by atoms with E-state index in [9.17, 15) is 0 Å². The van der Waals surface area contributed by atoms with E-state index in [-0.39, 0.29) is 6.79 Å². The monoisotopic (exact) mass is 138 g/mol. The molecule has 0 aliphatic heterocycles. The van der Waals surface area contributed by atoms with Crippen molar-refractivity contribution < 1.29 is 9.47 Å². The summed E-state index contributed by atoms with van der Waals surface area (Å²) in [6, 6.07) is 3.59. The summed E-state index contributed by atoms with van der Waals surface area (Å²) in [7, 11) is 3.16. The smallest absolute Gasteiger partial charge is 0.160 e. The van der Waals surface area contributed by atoms with Crippen molar-refractivity contribution >= 4 is 0 Å². The zero-order valence-corrected chi connectivity index (χ0v) is 5.49. The topological polar surface area (TPSA) is 31.4 Å². The van der Waals surface area contributed by atoms with Crippen molar-refractivity contribution in [2.45, 2.75) is 0 Å². The van der Waals surface area contributed by atoms with E-state index in [2.05, 4.69) is 16.8 Å². The van der Waals surface area contributed by atoms with E-state index < -0.39 is 0 Å². The van der Waals surface area contributed by atoms with Crippen molar-refractivity contribution in [3.63, 3.8) is 0 Å². The van der Waals surface area contributed by atoms with Gasteiger partial charge in [-0.05, 0) is 12.1 Å². The highest BCUT2D eigenvalue weighted by molar-refractivity contribution is 5.14. The average molecular weight is 138 g/mol. The third kappa shape index (κ3) is 2.03. The number of hydrogen-bond acceptors (Lipinski definition) is 3. The van der Waals surface area contributed by atoms with Gasteiger partial charge in [-0.1, -0.05) is 0 Å². The molecule has 0 aliphatic rings. The van der Waals surface area contributed by atoms with Gasteiger partial charge in [0.1, 0.15) is 5.75 Å². The number of rotatable bonds is 3. The van der Waals surface area contributed by atoms with Gasteiger partial charge < -0.3 is 9.47 Å². The fraction of sp³-hybridized carbons (Fsp3) is 0.143. The lowest BCUT2D eigenvalue weighted by Crippen LogP contribution is -1.97. The van der Waals surface area contributed by atoms with Gasteiger partial charge in [-0.15, -0.1) is 0 Å². The Morgan fingerprint density at radius 3 is 3.10 bits per heavy atom. The lowest BCUT2D eigenvalue weighted by molar-refractivity contribution is 0.0754. The summed E-state index contributed by atoms with van der Waals surface area (Å²) in [5.74, 6) is 0.686. The van der Waals surface area contributed by atoms with Crippen LogP contribution in [-0.4, -0.2) is 11.8 Å². The number of ether oxygens (including phenoxy) is 2. The Labute approximate surface area is 59.6 Å². The molecule has 0 radical (unpaired) electrons. The van der Waals surface area contributed by atoms with Gasteiger partial charge in [-0.25, -0.2) is 7.11 Å². The first kappa shape index (κ1) is 7.02. The number of nitrogens with zero attached hydrogens (tertiary/aromatic N) is 1. The van der Waals surface area contributed by atoms with E-state index in [1.54, 1.807) is 24.5 Å². The first-order valence-electron chi connectivity index (χ1n) is 2.83. The van der Waals surface area contributed by atoms with Gasteiger partial charge >= 0.3 is 0 Å². The molecule has 0 saturated carbocycles. The quantitative estimate of drug-likeness (QED) is 0.465. The van der Waals surface area contributed by atoms with Crippen molar-refractivity contribution in [3.8, 4) is 5.75 Å². The van der Waals surface area contributed by atoms with E-state index in [0.717, 1.165) is 0 Å². The van der Waals surface area contributed by atoms with Crippen molar-refractivity contribution in [2.24, 2.45) is 0 Å². The zero-order chi connectivity index (χ0) is 7.23. The molecule has 0 unspecified atom stereocenters. The van der Waals surface area contributed by atoms with Gasteiger partial charge in [0.15, 0.2) is 6.79 Å². The van der Waals surface area contributed by atoms with Crippen LogP contribution in [0.4, 0.5) is 0 Å². The van der Waals surface area contributed by atoms with Crippen LogP contribution < -0.4 is 4.74 Å². The second kappa shape index (κ2) is 3.85. The van der Waals surface area contributed by atoms with Crippen LogP contribution >= 0.6 is 0 Å². The molecule has 0 spiro atoms. The first-order chi connectivity index (χ1) is 4.93. The fourth-order valence-electron chi connectivity index (χ4n) is 0.542. The first-order valence-corrected chi connectivity index (χ1v) is 2.83. The maximum Gasteiger partial charge on any atom is 0.160 e. The minimum atomic E-state index is 0.158. The summed E-state index contributed by atoms with van der Waals surface area (Å²) < 4.78 is 9.45. The van der Waals surface area contributed by atoms with Gasteiger partial charge in [0, 0.05) is 6.20 Å². The Balaban J connectivity index is 2.43. The van der Waals surface area contributed by atoms with Crippen LogP contribution in [0.5, 0.6) is 5.75 Å². The highest BCUT2D eigenvalue weighted by Gasteiger charge is 1.86. The number of pyridine rings is 1. The van der Waals surface area contributed by atoms with Crippen LogP contribution in [0.25, 0.3) is 0 Å². The third-order valence-corrected chi connectivity index (χ3v) is 0.943. The average Bonchev–Trinajstić information content (AvgIpc) is 2.03. The van der Waals surface area contributed by atoms with E-state index in [4.69, 9.17) is 4.74 Å². The predicted octanol–water partition coefficient (Wildman–Crippen LogP) is 1.23. The molecule has 10 heavy (non-hydrogen) atoms. The second-order valence-electron chi connectivity index (χ2n) is 1.66. The van der Waals surface area contributed by atoms with Crippen LogP contribution in [-0.2, 0) is 4.74 Å². The van der Waals surface area contributed by atoms with Crippen molar-refractivity contribution in [2.75, 3.05) is 6.79 Å². The normalized spacial score (nSPS) is 9.30. The standard InChI is InChI=1S/C7H8NO2/c1-9-6-10-7-3-2-4-8-5-7/h2-5H,1,6H2/q-1. The molecule has 1 aromatic heterocycles. The van der Waals surface area contributed by atoms with Crippen LogP contribution in [0, 0.1) is 7.11 Å². The molecule has 0 bridgehead atoms. The summed E-state index contributed by atoms with van der Waals surface area (Å²) in [6.07, 6.45) is 3.29. The molecule has 3 nitrogen and oxygen atoms in total. The zero-order valence-electron chi connectivity index (χ0n) is 5.49. The summed E-state index contributed by atoms with van der Waals surface area (Å²) in [5, 5.41) is 0. The highest BCUT2D eigenvalue weighted by atomic mass is 16.7. The van der Waals surface area contributed by atoms with Crippen molar-refractivity contribution in [1.29, 1.82) is 0 Å². The lowest BCUT2D eigenvalue weighted by Gasteiger charge is -2.05. The molecule has 0 aromatic carbocycles. The summed E-state index contributed by atoms with van der Waals surface area (Å²) in [5.41, 5.74) is 0. The van der Waals surface area contributed by atoms with E-state index in [0.29, 0.717) is 5.75 Å². The van der Waals surface area contributed by atoms with E-state index >= 15 is 0 Å². The van der Waals surface area contributed by atoms with E-state index in [1.165, 1.54) is 0 Å². The van der Waals surface area contributed by atoms with Crippen LogP contribution in [0.15, 0.2) is 24.5 Å². The van der Waals surface area contributed by atoms with Crippen molar-refractivity contribution in [3.05, 3.63) is 31.6 Å².